The van der Waals surface area contributed by atoms with E-state index >= 15 is 0 Å². The second kappa shape index (κ2) is 7.58. The van der Waals surface area contributed by atoms with Gasteiger partial charge in [0.25, 0.3) is 5.91 Å². The van der Waals surface area contributed by atoms with Gasteiger partial charge in [-0.1, -0.05) is 11.6 Å². The van der Waals surface area contributed by atoms with E-state index in [1.165, 1.54) is 6.07 Å². The van der Waals surface area contributed by atoms with Gasteiger partial charge in [-0.2, -0.15) is 13.2 Å². The Morgan fingerprint density at radius 1 is 1.45 bits per heavy atom. The molecule has 0 spiro atoms. The predicted molar refractivity (Wildman–Crippen MR) is 74.3 cm³/mol. The Balaban J connectivity index is 2.56. The molecule has 9 heteroatoms. The highest BCUT2D eigenvalue weighted by molar-refractivity contribution is 8.00. The van der Waals surface area contributed by atoms with E-state index in [9.17, 15) is 18.0 Å². The van der Waals surface area contributed by atoms with Gasteiger partial charge in [-0.05, 0) is 30.8 Å². The maximum absolute atomic E-state index is 11.9. The minimum absolute atomic E-state index is 0.0119. The van der Waals surface area contributed by atoms with Crippen molar-refractivity contribution in [2.45, 2.75) is 12.4 Å². The fraction of sp³-hybridized carbons (Fsp3) is 0.455. The van der Waals surface area contributed by atoms with Crippen molar-refractivity contribution in [3.05, 3.63) is 22.8 Å². The molecule has 112 valence electrons. The van der Waals surface area contributed by atoms with Crippen molar-refractivity contribution >= 4 is 35.1 Å². The van der Waals surface area contributed by atoms with Gasteiger partial charge in [0, 0.05) is 18.8 Å². The Kier molecular flexibility index (Phi) is 6.41. The van der Waals surface area contributed by atoms with Crippen LogP contribution in [-0.4, -0.2) is 35.2 Å². The van der Waals surface area contributed by atoms with Crippen LogP contribution in [0, 0.1) is 0 Å². The van der Waals surface area contributed by atoms with Crippen LogP contribution in [-0.2, 0) is 0 Å². The summed E-state index contributed by atoms with van der Waals surface area (Å²) in [6.07, 6.45) is 0. The smallest absolute Gasteiger partial charge is 0.370 e. The summed E-state index contributed by atoms with van der Waals surface area (Å²) in [7, 11) is 0. The van der Waals surface area contributed by atoms with E-state index in [2.05, 4.69) is 15.6 Å². The van der Waals surface area contributed by atoms with Gasteiger partial charge in [0.15, 0.2) is 0 Å². The number of nitrogens with one attached hydrogen (secondary N) is 2. The number of pyridine rings is 1. The number of nitrogens with zero attached hydrogens (tertiary/aromatic N) is 1. The summed E-state index contributed by atoms with van der Waals surface area (Å²) in [5.74, 6) is -0.385. The zero-order chi connectivity index (χ0) is 15.2. The van der Waals surface area contributed by atoms with Gasteiger partial charge < -0.3 is 10.6 Å². The van der Waals surface area contributed by atoms with Crippen molar-refractivity contribution in [3.8, 4) is 0 Å². The van der Waals surface area contributed by atoms with Crippen LogP contribution in [0.25, 0.3) is 0 Å². The summed E-state index contributed by atoms with van der Waals surface area (Å²) in [4.78, 5) is 15.8. The lowest BCUT2D eigenvalue weighted by atomic mass is 10.3. The number of halogens is 4. The van der Waals surface area contributed by atoms with E-state index in [1.54, 1.807) is 6.07 Å². The first-order valence-corrected chi connectivity index (χ1v) is 7.09. The molecule has 1 aromatic rings. The highest BCUT2D eigenvalue weighted by Crippen LogP contribution is 2.29. The van der Waals surface area contributed by atoms with Crippen molar-refractivity contribution < 1.29 is 18.0 Å². The molecule has 0 atom stereocenters. The number of thioether (sulfide) groups is 1. The number of alkyl halides is 3. The summed E-state index contributed by atoms with van der Waals surface area (Å²) in [6.45, 7) is 2.37. The fourth-order valence-corrected chi connectivity index (χ4v) is 1.92. The maximum Gasteiger partial charge on any atom is 0.441 e. The molecule has 0 aliphatic carbocycles. The molecular formula is C11H13ClF3N3OS. The average Bonchev–Trinajstić information content (AvgIpc) is 2.36. The molecule has 0 unspecified atom stereocenters. The third-order valence-corrected chi connectivity index (χ3v) is 3.11. The molecule has 0 aliphatic rings. The Bertz CT molecular complexity index is 471. The standard InChI is InChI=1S/C11H13ClF3N3OS/c1-2-16-8-4-3-7(12)9(18-8)10(19)17-5-6-20-11(13,14)15/h3-4H,2,5-6H2,1H3,(H,16,18)(H,17,19). The van der Waals surface area contributed by atoms with Crippen LogP contribution < -0.4 is 10.6 Å². The number of anilines is 1. The van der Waals surface area contributed by atoms with Gasteiger partial charge in [0.1, 0.15) is 11.5 Å². The highest BCUT2D eigenvalue weighted by atomic mass is 35.5. The number of carbonyl (C=O) groups is 1. The third kappa shape index (κ3) is 5.87. The first-order valence-electron chi connectivity index (χ1n) is 5.72. The molecule has 1 amide bonds. The van der Waals surface area contributed by atoms with E-state index in [1.807, 2.05) is 6.92 Å². The van der Waals surface area contributed by atoms with Crippen LogP contribution in [0.15, 0.2) is 12.1 Å². The van der Waals surface area contributed by atoms with Crippen LogP contribution in [0.4, 0.5) is 19.0 Å². The summed E-state index contributed by atoms with van der Waals surface area (Å²) >= 11 is 5.65. The van der Waals surface area contributed by atoms with Crippen LogP contribution in [0.1, 0.15) is 17.4 Å². The topological polar surface area (TPSA) is 54.0 Å². The molecule has 0 fully saturated rings. The number of hydrogen-bond donors (Lipinski definition) is 2. The quantitative estimate of drug-likeness (QED) is 0.788. The maximum atomic E-state index is 11.9. The molecule has 1 aromatic heterocycles. The third-order valence-electron chi connectivity index (χ3n) is 2.07. The van der Waals surface area contributed by atoms with Gasteiger partial charge in [0.2, 0.25) is 0 Å². The van der Waals surface area contributed by atoms with Crippen molar-refractivity contribution in [3.63, 3.8) is 0 Å². The Hall–Kier alpha value is -1.15. The Labute approximate surface area is 123 Å². The Morgan fingerprint density at radius 3 is 2.75 bits per heavy atom. The average molecular weight is 328 g/mol. The summed E-state index contributed by atoms with van der Waals surface area (Å²) in [5, 5.41) is 5.41. The van der Waals surface area contributed by atoms with Crippen molar-refractivity contribution in [2.24, 2.45) is 0 Å². The van der Waals surface area contributed by atoms with Crippen molar-refractivity contribution in [1.82, 2.24) is 10.3 Å². The summed E-state index contributed by atoms with van der Waals surface area (Å²) in [5.41, 5.74) is -4.31. The van der Waals surface area contributed by atoms with Gasteiger partial charge >= 0.3 is 5.51 Å². The molecule has 0 aromatic carbocycles. The number of aromatic nitrogens is 1. The Morgan fingerprint density at radius 2 is 2.15 bits per heavy atom. The summed E-state index contributed by atoms with van der Waals surface area (Å²) in [6, 6.07) is 3.12. The van der Waals surface area contributed by atoms with Gasteiger partial charge in [-0.3, -0.25) is 4.79 Å². The van der Waals surface area contributed by atoms with Crippen molar-refractivity contribution in [2.75, 3.05) is 24.2 Å². The number of rotatable bonds is 6. The van der Waals surface area contributed by atoms with E-state index in [0.717, 1.165) is 0 Å². The molecule has 0 saturated carbocycles. The van der Waals surface area contributed by atoms with Gasteiger partial charge in [-0.25, -0.2) is 4.98 Å². The van der Waals surface area contributed by atoms with E-state index in [4.69, 9.17) is 11.6 Å². The predicted octanol–water partition coefficient (Wildman–Crippen LogP) is 3.15. The van der Waals surface area contributed by atoms with Crippen LogP contribution >= 0.6 is 23.4 Å². The zero-order valence-corrected chi connectivity index (χ0v) is 12.1. The molecular weight excluding hydrogens is 315 g/mol. The van der Waals surface area contributed by atoms with Crippen LogP contribution in [0.3, 0.4) is 0 Å². The molecule has 4 nitrogen and oxygen atoms in total. The molecule has 1 heterocycles. The minimum Gasteiger partial charge on any atom is -0.370 e. The van der Waals surface area contributed by atoms with Crippen LogP contribution in [0.2, 0.25) is 5.02 Å². The first-order chi connectivity index (χ1) is 9.33. The lowest BCUT2D eigenvalue weighted by Crippen LogP contribution is -2.27. The lowest BCUT2D eigenvalue weighted by Gasteiger charge is -2.09. The number of amides is 1. The van der Waals surface area contributed by atoms with E-state index in [-0.39, 0.29) is 34.8 Å². The normalized spacial score (nSPS) is 11.2. The van der Waals surface area contributed by atoms with E-state index in [0.29, 0.717) is 12.4 Å². The molecule has 0 bridgehead atoms. The summed E-state index contributed by atoms with van der Waals surface area (Å²) < 4.78 is 35.7. The highest BCUT2D eigenvalue weighted by Gasteiger charge is 2.27. The molecule has 0 aliphatic heterocycles. The molecule has 1 rings (SSSR count). The SMILES string of the molecule is CCNc1ccc(Cl)c(C(=O)NCCSC(F)(F)F)n1. The second-order valence-corrected chi connectivity index (χ2v) is 5.17. The minimum atomic E-state index is -4.30. The van der Waals surface area contributed by atoms with Gasteiger partial charge in [-0.15, -0.1) is 0 Å². The largest absolute Gasteiger partial charge is 0.441 e. The van der Waals surface area contributed by atoms with E-state index < -0.39 is 11.4 Å². The van der Waals surface area contributed by atoms with Gasteiger partial charge in [0.05, 0.1) is 5.02 Å². The molecule has 20 heavy (non-hydrogen) atoms. The fourth-order valence-electron chi connectivity index (χ4n) is 1.30. The zero-order valence-electron chi connectivity index (χ0n) is 10.6. The molecule has 2 N–H and O–H groups in total. The second-order valence-electron chi connectivity index (χ2n) is 3.61. The number of carbonyl (C=O) groups excluding carboxylic acids is 1. The first kappa shape index (κ1) is 16.9. The van der Waals surface area contributed by atoms with Crippen LogP contribution in [0.5, 0.6) is 0 Å². The van der Waals surface area contributed by atoms with Crippen molar-refractivity contribution in [1.29, 1.82) is 0 Å². The number of hydrogen-bond acceptors (Lipinski definition) is 4. The lowest BCUT2D eigenvalue weighted by molar-refractivity contribution is -0.0327. The monoisotopic (exact) mass is 327 g/mol. The molecule has 0 radical (unpaired) electrons. The molecule has 0 saturated heterocycles.